The lowest BCUT2D eigenvalue weighted by molar-refractivity contribution is -0.384. The SMILES string of the molecule is Cc1ccc(S(=O)(=O)O)cc1.NC(Cc1ccc([N+](=O)[O-])cc1)C(=O)OCc1ccccc1. The highest BCUT2D eigenvalue weighted by molar-refractivity contribution is 7.85. The van der Waals surface area contributed by atoms with E-state index in [4.69, 9.17) is 15.0 Å². The molecule has 0 saturated carbocycles. The summed E-state index contributed by atoms with van der Waals surface area (Å²) in [6.07, 6.45) is 0.269. The van der Waals surface area contributed by atoms with Gasteiger partial charge in [-0.1, -0.05) is 60.2 Å². The molecule has 10 heteroatoms. The van der Waals surface area contributed by atoms with E-state index in [9.17, 15) is 23.3 Å². The second kappa shape index (κ2) is 11.9. The van der Waals surface area contributed by atoms with Gasteiger partial charge in [-0.2, -0.15) is 8.42 Å². The summed E-state index contributed by atoms with van der Waals surface area (Å²) in [5.74, 6) is -0.498. The number of rotatable bonds is 7. The van der Waals surface area contributed by atoms with Gasteiger partial charge >= 0.3 is 5.97 Å². The lowest BCUT2D eigenvalue weighted by Crippen LogP contribution is -2.34. The Hall–Kier alpha value is -3.60. The Morgan fingerprint density at radius 2 is 1.58 bits per heavy atom. The first kappa shape index (κ1) is 25.7. The molecule has 3 rings (SSSR count). The topological polar surface area (TPSA) is 150 Å². The van der Waals surface area contributed by atoms with E-state index >= 15 is 0 Å². The van der Waals surface area contributed by atoms with Crippen LogP contribution in [0.1, 0.15) is 16.7 Å². The van der Waals surface area contributed by atoms with E-state index in [-0.39, 0.29) is 23.6 Å². The van der Waals surface area contributed by atoms with Crippen molar-refractivity contribution in [3.8, 4) is 0 Å². The van der Waals surface area contributed by atoms with Gasteiger partial charge < -0.3 is 10.5 Å². The van der Waals surface area contributed by atoms with Gasteiger partial charge in [-0.25, -0.2) is 0 Å². The number of aryl methyl sites for hydroxylation is 1. The van der Waals surface area contributed by atoms with Crippen molar-refractivity contribution in [1.29, 1.82) is 0 Å². The maximum atomic E-state index is 11.8. The summed E-state index contributed by atoms with van der Waals surface area (Å²) in [5, 5.41) is 10.6. The highest BCUT2D eigenvalue weighted by atomic mass is 32.2. The zero-order chi connectivity index (χ0) is 24.4. The van der Waals surface area contributed by atoms with Gasteiger partial charge in [0.25, 0.3) is 15.8 Å². The third-order valence-corrected chi connectivity index (χ3v) is 5.32. The summed E-state index contributed by atoms with van der Waals surface area (Å²) < 4.78 is 34.7. The number of hydrogen-bond donors (Lipinski definition) is 2. The third-order valence-electron chi connectivity index (χ3n) is 4.45. The number of non-ortho nitro benzene ring substituents is 1. The average Bonchev–Trinajstić information content (AvgIpc) is 2.78. The maximum Gasteiger partial charge on any atom is 0.323 e. The van der Waals surface area contributed by atoms with Crippen molar-refractivity contribution >= 4 is 21.8 Å². The van der Waals surface area contributed by atoms with Crippen molar-refractivity contribution in [1.82, 2.24) is 0 Å². The normalized spacial score (nSPS) is 11.6. The molecule has 174 valence electrons. The first-order valence-corrected chi connectivity index (χ1v) is 11.2. The van der Waals surface area contributed by atoms with Gasteiger partial charge in [-0.3, -0.25) is 19.5 Å². The quantitative estimate of drug-likeness (QED) is 0.230. The average molecular weight is 473 g/mol. The number of carbonyl (C=O) groups excluding carboxylic acids is 1. The summed E-state index contributed by atoms with van der Waals surface area (Å²) in [4.78, 5) is 21.9. The molecule has 0 aliphatic heterocycles. The molecule has 0 amide bonds. The smallest absolute Gasteiger partial charge is 0.323 e. The van der Waals surface area contributed by atoms with Gasteiger partial charge in [-0.15, -0.1) is 0 Å². The number of nitrogens with zero attached hydrogens (tertiary/aromatic N) is 1. The molecule has 0 heterocycles. The van der Waals surface area contributed by atoms with E-state index in [1.807, 2.05) is 37.3 Å². The van der Waals surface area contributed by atoms with Crippen molar-refractivity contribution in [2.24, 2.45) is 5.73 Å². The first-order valence-electron chi connectivity index (χ1n) is 9.80. The van der Waals surface area contributed by atoms with Crippen LogP contribution in [0.25, 0.3) is 0 Å². The minimum atomic E-state index is -4.02. The Kier molecular flexibility index (Phi) is 9.22. The molecule has 0 aliphatic rings. The van der Waals surface area contributed by atoms with Gasteiger partial charge in [0.1, 0.15) is 12.6 Å². The van der Waals surface area contributed by atoms with Crippen LogP contribution in [-0.2, 0) is 32.7 Å². The largest absolute Gasteiger partial charge is 0.460 e. The number of carbonyl (C=O) groups is 1. The summed E-state index contributed by atoms with van der Waals surface area (Å²) in [7, 11) is -4.02. The molecule has 9 nitrogen and oxygen atoms in total. The Morgan fingerprint density at radius 1 is 1.00 bits per heavy atom. The summed E-state index contributed by atoms with van der Waals surface area (Å²) in [6.45, 7) is 2.02. The van der Waals surface area contributed by atoms with Gasteiger partial charge in [0, 0.05) is 12.1 Å². The number of esters is 1. The lowest BCUT2D eigenvalue weighted by atomic mass is 10.1. The van der Waals surface area contributed by atoms with Crippen LogP contribution in [0.5, 0.6) is 0 Å². The van der Waals surface area contributed by atoms with Crippen LogP contribution >= 0.6 is 0 Å². The highest BCUT2D eigenvalue weighted by Crippen LogP contribution is 2.13. The van der Waals surface area contributed by atoms with Crippen molar-refractivity contribution in [2.45, 2.75) is 30.9 Å². The van der Waals surface area contributed by atoms with Crippen molar-refractivity contribution in [3.63, 3.8) is 0 Å². The molecular formula is C23H24N2O7S. The van der Waals surface area contributed by atoms with Crippen LogP contribution in [0.15, 0.2) is 83.8 Å². The molecule has 0 saturated heterocycles. The van der Waals surface area contributed by atoms with Gasteiger partial charge in [0.15, 0.2) is 0 Å². The Bertz CT molecular complexity index is 1160. The summed E-state index contributed by atoms with van der Waals surface area (Å²) in [6, 6.07) is 20.4. The second-order valence-corrected chi connectivity index (χ2v) is 8.54. The number of nitrogens with two attached hydrogens (primary N) is 1. The Labute approximate surface area is 191 Å². The van der Waals surface area contributed by atoms with Crippen LogP contribution in [0.4, 0.5) is 5.69 Å². The summed E-state index contributed by atoms with van der Waals surface area (Å²) >= 11 is 0. The van der Waals surface area contributed by atoms with E-state index < -0.39 is 27.1 Å². The number of nitro benzene ring substituents is 1. The number of ether oxygens (including phenoxy) is 1. The minimum Gasteiger partial charge on any atom is -0.460 e. The molecule has 3 aromatic rings. The van der Waals surface area contributed by atoms with Crippen LogP contribution in [0.3, 0.4) is 0 Å². The molecule has 0 bridgehead atoms. The van der Waals surface area contributed by atoms with Gasteiger partial charge in [0.05, 0.1) is 9.82 Å². The van der Waals surface area contributed by atoms with Crippen LogP contribution in [0, 0.1) is 17.0 Å². The zero-order valence-electron chi connectivity index (χ0n) is 17.8. The Morgan fingerprint density at radius 3 is 2.09 bits per heavy atom. The van der Waals surface area contributed by atoms with E-state index in [0.29, 0.717) is 0 Å². The fourth-order valence-corrected chi connectivity index (χ4v) is 3.12. The second-order valence-electron chi connectivity index (χ2n) is 7.12. The fourth-order valence-electron chi connectivity index (χ4n) is 2.64. The molecule has 1 atom stereocenters. The highest BCUT2D eigenvalue weighted by Gasteiger charge is 2.16. The van der Waals surface area contributed by atoms with Crippen LogP contribution in [-0.4, -0.2) is 29.9 Å². The zero-order valence-corrected chi connectivity index (χ0v) is 18.6. The number of hydrogen-bond acceptors (Lipinski definition) is 7. The lowest BCUT2D eigenvalue weighted by Gasteiger charge is -2.11. The third kappa shape index (κ3) is 8.81. The molecule has 3 aromatic carbocycles. The van der Waals surface area contributed by atoms with Crippen LogP contribution in [0.2, 0.25) is 0 Å². The molecule has 3 N–H and O–H groups in total. The molecule has 0 aliphatic carbocycles. The van der Waals surface area contributed by atoms with Gasteiger partial charge in [-0.05, 0) is 36.6 Å². The van der Waals surface area contributed by atoms with E-state index in [1.165, 1.54) is 24.3 Å². The monoisotopic (exact) mass is 472 g/mol. The maximum absolute atomic E-state index is 11.8. The molecule has 0 aromatic heterocycles. The Balaban J connectivity index is 0.000000294. The predicted octanol–water partition coefficient (Wildman–Crippen LogP) is 3.45. The minimum absolute atomic E-state index is 0.00368. The van der Waals surface area contributed by atoms with Crippen molar-refractivity contribution in [2.75, 3.05) is 0 Å². The first-order chi connectivity index (χ1) is 15.6. The molecule has 0 fully saturated rings. The fraction of sp³-hybridized carbons (Fsp3) is 0.174. The molecular weight excluding hydrogens is 448 g/mol. The predicted molar refractivity (Wildman–Crippen MR) is 122 cm³/mol. The molecule has 1 unspecified atom stereocenters. The van der Waals surface area contributed by atoms with E-state index in [1.54, 1.807) is 24.3 Å². The van der Waals surface area contributed by atoms with Crippen molar-refractivity contribution < 1.29 is 27.4 Å². The molecule has 33 heavy (non-hydrogen) atoms. The molecule has 0 radical (unpaired) electrons. The van der Waals surface area contributed by atoms with Crippen molar-refractivity contribution in [3.05, 3.63) is 106 Å². The summed E-state index contributed by atoms with van der Waals surface area (Å²) in [5.41, 5.74) is 8.39. The number of nitro groups is 1. The molecule has 0 spiro atoms. The van der Waals surface area contributed by atoms with E-state index in [0.717, 1.165) is 16.7 Å². The standard InChI is InChI=1S/C16H16N2O4.C7H8O3S/c17-15(10-12-6-8-14(9-7-12)18(20)21)16(19)22-11-13-4-2-1-3-5-13;1-6-2-4-7(5-3-6)11(8,9)10/h1-9,15H,10-11,17H2;2-5H,1H3,(H,8,9,10). The number of benzene rings is 3. The van der Waals surface area contributed by atoms with Gasteiger partial charge in [0.2, 0.25) is 0 Å². The van der Waals surface area contributed by atoms with Crippen LogP contribution < -0.4 is 5.73 Å². The van der Waals surface area contributed by atoms with E-state index in [2.05, 4.69) is 0 Å².